The number of hydrogen-bond acceptors (Lipinski definition) is 7. The van der Waals surface area contributed by atoms with Crippen molar-refractivity contribution < 1.29 is 43.0 Å². The van der Waals surface area contributed by atoms with E-state index in [4.69, 9.17) is 19.3 Å². The number of phosphoric acid groups is 1. The topological polar surface area (TPSA) is 140 Å². The van der Waals surface area contributed by atoms with E-state index in [2.05, 4.69) is 31.4 Å². The van der Waals surface area contributed by atoms with Crippen molar-refractivity contribution in [2.45, 2.75) is 149 Å². The zero-order chi connectivity index (χ0) is 32.9. The molecule has 0 aliphatic carbocycles. The van der Waals surface area contributed by atoms with E-state index in [1.165, 1.54) is 25.7 Å². The molecule has 0 saturated heterocycles. The summed E-state index contributed by atoms with van der Waals surface area (Å²) in [5.74, 6) is -0.202. The number of rotatable bonds is 29. The van der Waals surface area contributed by atoms with E-state index in [0.717, 1.165) is 63.7 Å². The van der Waals surface area contributed by atoms with Gasteiger partial charge in [-0.3, -0.25) is 14.1 Å². The highest BCUT2D eigenvalue weighted by Gasteiger charge is 2.22. The number of phosphoric ester groups is 1. The van der Waals surface area contributed by atoms with Crippen LogP contribution in [0, 0.1) is 5.92 Å². The summed E-state index contributed by atoms with van der Waals surface area (Å²) in [6, 6.07) is 0. The Bertz CT molecular complexity index is 848. The minimum atomic E-state index is -4.76. The zero-order valence-electron chi connectivity index (χ0n) is 27.6. The highest BCUT2D eigenvalue weighted by molar-refractivity contribution is 7.46. The first-order valence-electron chi connectivity index (χ1n) is 16.7. The third kappa shape index (κ3) is 31.6. The number of ether oxygens (including phenoxy) is 2. The standard InChI is InChI=1S/C34H61O9P/c1-4-5-18-24-31(35)25-20-15-11-7-6-8-12-16-21-26-33(36)41-28-32(29-42-44(38,39)40)43-34(37)27-22-17-13-9-10-14-19-23-30(2)3/h5,11,15,18,20,25,30-32,35H,4,6-10,12-14,16-17,19,21-24,26-29H2,1-3H3,(H2,38,39,40)/b15-11+,18-5+,25-20+/t31?,32-/m1/s1. The fraction of sp³-hybridized carbons (Fsp3) is 0.765. The Morgan fingerprint density at radius 1 is 0.750 bits per heavy atom. The summed E-state index contributed by atoms with van der Waals surface area (Å²) >= 11 is 0. The lowest BCUT2D eigenvalue weighted by atomic mass is 10.0. The van der Waals surface area contributed by atoms with Crippen LogP contribution in [0.3, 0.4) is 0 Å². The molecule has 10 heteroatoms. The molecule has 1 unspecified atom stereocenters. The van der Waals surface area contributed by atoms with E-state index < -0.39 is 38.6 Å². The SMILES string of the molecule is CC/C=C/CC(O)/C=C/C=C/CCCCCCCC(=O)OC[C@H](COP(=O)(O)O)OC(=O)CCCCCCCCCC(C)C. The van der Waals surface area contributed by atoms with Crippen molar-refractivity contribution >= 4 is 19.8 Å². The van der Waals surface area contributed by atoms with Gasteiger partial charge in [-0.25, -0.2) is 4.57 Å². The molecule has 2 atom stereocenters. The van der Waals surface area contributed by atoms with Crippen LogP contribution >= 0.6 is 7.82 Å². The number of aliphatic hydroxyl groups excluding tert-OH is 1. The Balaban J connectivity index is 4.09. The second-order valence-corrected chi connectivity index (χ2v) is 13.0. The van der Waals surface area contributed by atoms with E-state index in [1.54, 1.807) is 6.08 Å². The Kier molecular flexibility index (Phi) is 27.5. The molecule has 0 fully saturated rings. The first-order chi connectivity index (χ1) is 21.0. The number of unbranched alkanes of at least 4 members (excludes halogenated alkanes) is 11. The summed E-state index contributed by atoms with van der Waals surface area (Å²) < 4.78 is 26.1. The van der Waals surface area contributed by atoms with Gasteiger partial charge in [-0.05, 0) is 44.4 Å². The molecule has 0 aliphatic heterocycles. The lowest BCUT2D eigenvalue weighted by molar-refractivity contribution is -0.161. The van der Waals surface area contributed by atoms with Gasteiger partial charge in [-0.2, -0.15) is 0 Å². The van der Waals surface area contributed by atoms with Crippen molar-refractivity contribution in [3.05, 3.63) is 36.5 Å². The molecule has 3 N–H and O–H groups in total. The lowest BCUT2D eigenvalue weighted by Crippen LogP contribution is -2.29. The Morgan fingerprint density at radius 2 is 1.34 bits per heavy atom. The van der Waals surface area contributed by atoms with E-state index in [9.17, 15) is 19.3 Å². The van der Waals surface area contributed by atoms with Crippen LogP contribution in [0.5, 0.6) is 0 Å². The highest BCUT2D eigenvalue weighted by atomic mass is 31.2. The van der Waals surface area contributed by atoms with Crippen LogP contribution < -0.4 is 0 Å². The van der Waals surface area contributed by atoms with Crippen molar-refractivity contribution in [2.24, 2.45) is 5.92 Å². The molecule has 0 bridgehead atoms. The van der Waals surface area contributed by atoms with Gasteiger partial charge in [0.1, 0.15) is 6.61 Å². The molecule has 44 heavy (non-hydrogen) atoms. The summed E-state index contributed by atoms with van der Waals surface area (Å²) in [4.78, 5) is 42.5. The molecule has 0 spiro atoms. The largest absolute Gasteiger partial charge is 0.469 e. The van der Waals surface area contributed by atoms with Crippen molar-refractivity contribution in [3.8, 4) is 0 Å². The van der Waals surface area contributed by atoms with Gasteiger partial charge < -0.3 is 24.4 Å². The first-order valence-corrected chi connectivity index (χ1v) is 18.3. The Morgan fingerprint density at radius 3 is 1.95 bits per heavy atom. The van der Waals surface area contributed by atoms with Gasteiger partial charge in [0.15, 0.2) is 6.10 Å². The van der Waals surface area contributed by atoms with Crippen LogP contribution in [0.4, 0.5) is 0 Å². The second-order valence-electron chi connectivity index (χ2n) is 11.8. The second kappa shape index (κ2) is 28.7. The number of esters is 2. The highest BCUT2D eigenvalue weighted by Crippen LogP contribution is 2.36. The number of aliphatic hydroxyl groups is 1. The number of hydrogen-bond donors (Lipinski definition) is 3. The number of carbonyl (C=O) groups excluding carboxylic acids is 2. The van der Waals surface area contributed by atoms with Gasteiger partial charge in [-0.15, -0.1) is 0 Å². The van der Waals surface area contributed by atoms with E-state index in [1.807, 2.05) is 24.3 Å². The van der Waals surface area contributed by atoms with Gasteiger partial charge in [0.05, 0.1) is 12.7 Å². The molecule has 0 aromatic carbocycles. The summed E-state index contributed by atoms with van der Waals surface area (Å²) in [6.45, 7) is 5.67. The molecular weight excluding hydrogens is 583 g/mol. The summed E-state index contributed by atoms with van der Waals surface area (Å²) in [6.07, 6.45) is 26.5. The van der Waals surface area contributed by atoms with Crippen molar-refractivity contribution in [1.82, 2.24) is 0 Å². The predicted octanol–water partition coefficient (Wildman–Crippen LogP) is 8.28. The third-order valence-corrected chi connectivity index (χ3v) is 7.42. The summed E-state index contributed by atoms with van der Waals surface area (Å²) in [7, 11) is -4.76. The van der Waals surface area contributed by atoms with Crippen LogP contribution in [0.25, 0.3) is 0 Å². The van der Waals surface area contributed by atoms with Crippen LogP contribution in [0.15, 0.2) is 36.5 Å². The van der Waals surface area contributed by atoms with Gasteiger partial charge in [0.25, 0.3) is 0 Å². The fourth-order valence-electron chi connectivity index (χ4n) is 4.42. The lowest BCUT2D eigenvalue weighted by Gasteiger charge is -2.18. The minimum Gasteiger partial charge on any atom is -0.462 e. The maximum atomic E-state index is 12.3. The molecule has 0 aromatic heterocycles. The van der Waals surface area contributed by atoms with Gasteiger partial charge in [0, 0.05) is 12.8 Å². The quantitative estimate of drug-likeness (QED) is 0.0241. The predicted molar refractivity (Wildman–Crippen MR) is 176 cm³/mol. The molecule has 0 aromatic rings. The van der Waals surface area contributed by atoms with Crippen LogP contribution in [0.2, 0.25) is 0 Å². The van der Waals surface area contributed by atoms with Crippen molar-refractivity contribution in [3.63, 3.8) is 0 Å². The molecule has 0 amide bonds. The van der Waals surface area contributed by atoms with Crippen molar-refractivity contribution in [1.29, 1.82) is 0 Å². The number of carbonyl (C=O) groups is 2. The molecule has 0 rings (SSSR count). The summed E-state index contributed by atoms with van der Waals surface area (Å²) in [5, 5.41) is 9.81. The van der Waals surface area contributed by atoms with Crippen LogP contribution in [-0.2, 0) is 28.2 Å². The van der Waals surface area contributed by atoms with E-state index in [-0.39, 0.29) is 19.4 Å². The zero-order valence-corrected chi connectivity index (χ0v) is 28.5. The Labute approximate surface area is 266 Å². The average Bonchev–Trinajstić information content (AvgIpc) is 2.95. The third-order valence-electron chi connectivity index (χ3n) is 6.93. The molecule has 256 valence electrons. The first kappa shape index (κ1) is 42.2. The molecule has 0 saturated carbocycles. The molecule has 0 radical (unpaired) electrons. The maximum Gasteiger partial charge on any atom is 0.469 e. The van der Waals surface area contributed by atoms with Gasteiger partial charge >= 0.3 is 19.8 Å². The molecule has 0 heterocycles. The molecule has 9 nitrogen and oxygen atoms in total. The summed E-state index contributed by atoms with van der Waals surface area (Å²) in [5.41, 5.74) is 0. The van der Waals surface area contributed by atoms with Crippen molar-refractivity contribution in [2.75, 3.05) is 13.2 Å². The number of allylic oxidation sites excluding steroid dienone is 4. The van der Waals surface area contributed by atoms with Crippen LogP contribution in [-0.4, -0.2) is 52.3 Å². The monoisotopic (exact) mass is 644 g/mol. The normalized spacial score (nSPS) is 13.8. The Hall–Kier alpha value is -1.77. The van der Waals surface area contributed by atoms with Crippen LogP contribution in [0.1, 0.15) is 136 Å². The van der Waals surface area contributed by atoms with Gasteiger partial charge in [-0.1, -0.05) is 121 Å². The van der Waals surface area contributed by atoms with E-state index >= 15 is 0 Å². The fourth-order valence-corrected chi connectivity index (χ4v) is 4.78. The van der Waals surface area contributed by atoms with E-state index in [0.29, 0.717) is 19.3 Å². The molecule has 0 aliphatic rings. The maximum absolute atomic E-state index is 12.3. The average molecular weight is 645 g/mol. The molecular formula is C34H61O9P. The minimum absolute atomic E-state index is 0.195. The smallest absolute Gasteiger partial charge is 0.462 e. The van der Waals surface area contributed by atoms with Gasteiger partial charge in [0.2, 0.25) is 0 Å².